The molecule has 2 aliphatic rings. The van der Waals surface area contributed by atoms with E-state index in [0.717, 1.165) is 42.2 Å². The second-order valence-electron chi connectivity index (χ2n) is 9.04. The highest BCUT2D eigenvalue weighted by Crippen LogP contribution is 2.31. The largest absolute Gasteiger partial charge is 0.417 e. The molecule has 1 fully saturated rings. The van der Waals surface area contributed by atoms with Gasteiger partial charge in [0.15, 0.2) is 0 Å². The van der Waals surface area contributed by atoms with Crippen molar-refractivity contribution in [1.82, 2.24) is 25.4 Å². The summed E-state index contributed by atoms with van der Waals surface area (Å²) in [4.78, 5) is 20.6. The molecule has 3 heterocycles. The van der Waals surface area contributed by atoms with E-state index in [-0.39, 0.29) is 18.5 Å². The van der Waals surface area contributed by atoms with Crippen LogP contribution >= 0.6 is 0 Å². The van der Waals surface area contributed by atoms with Gasteiger partial charge in [-0.1, -0.05) is 6.08 Å². The number of hydrogen-bond donors (Lipinski definition) is 3. The van der Waals surface area contributed by atoms with Crippen LogP contribution in [0.5, 0.6) is 0 Å². The fraction of sp³-hybridized carbons (Fsp3) is 0.458. The normalized spacial score (nSPS) is 19.9. The van der Waals surface area contributed by atoms with Crippen molar-refractivity contribution in [1.29, 1.82) is 0 Å². The van der Waals surface area contributed by atoms with Crippen molar-refractivity contribution in [3.63, 3.8) is 0 Å². The first kappa shape index (κ1) is 24.9. The van der Waals surface area contributed by atoms with E-state index in [1.807, 2.05) is 24.0 Å². The number of H-pyrrole nitrogens is 1. The molecule has 35 heavy (non-hydrogen) atoms. The SMILES string of the molecule is CC(O)CNC(=O)C1=CCC(c2[nH]ncc2CN2CCN(c3ccc(C(F)(F)F)cn3)[C@H](C)C2)=C1. The molecule has 1 unspecified atom stereocenters. The van der Waals surface area contributed by atoms with Crippen molar-refractivity contribution in [3.05, 3.63) is 59.1 Å². The molecule has 188 valence electrons. The zero-order valence-corrected chi connectivity index (χ0v) is 19.6. The van der Waals surface area contributed by atoms with E-state index in [0.29, 0.717) is 30.9 Å². The lowest BCUT2D eigenvalue weighted by molar-refractivity contribution is -0.137. The predicted octanol–water partition coefficient (Wildman–Crippen LogP) is 2.74. The highest BCUT2D eigenvalue weighted by Gasteiger charge is 2.32. The van der Waals surface area contributed by atoms with Crippen LogP contribution in [-0.4, -0.2) is 69.4 Å². The lowest BCUT2D eigenvalue weighted by Crippen LogP contribution is -2.51. The number of allylic oxidation sites excluding steroid dienone is 2. The molecule has 0 aromatic carbocycles. The number of rotatable bonds is 7. The van der Waals surface area contributed by atoms with Crippen LogP contribution in [0, 0.1) is 0 Å². The maximum absolute atomic E-state index is 12.8. The number of nitrogens with one attached hydrogen (secondary N) is 2. The number of nitrogens with zero attached hydrogens (tertiary/aromatic N) is 4. The number of halogens is 3. The number of carbonyl (C=O) groups is 1. The molecule has 2 atom stereocenters. The molecular formula is C24H29F3N6O2. The van der Waals surface area contributed by atoms with Crippen molar-refractivity contribution in [3.8, 4) is 0 Å². The molecule has 3 N–H and O–H groups in total. The van der Waals surface area contributed by atoms with E-state index in [4.69, 9.17) is 0 Å². The Labute approximate surface area is 201 Å². The van der Waals surface area contributed by atoms with E-state index in [2.05, 4.69) is 25.4 Å². The number of aromatic amines is 1. The third kappa shape index (κ3) is 5.91. The van der Waals surface area contributed by atoms with Crippen molar-refractivity contribution in [2.75, 3.05) is 31.1 Å². The molecule has 0 radical (unpaired) electrons. The van der Waals surface area contributed by atoms with E-state index >= 15 is 0 Å². The van der Waals surface area contributed by atoms with Gasteiger partial charge in [0.1, 0.15) is 5.82 Å². The number of pyridine rings is 1. The van der Waals surface area contributed by atoms with Gasteiger partial charge in [0.25, 0.3) is 5.91 Å². The summed E-state index contributed by atoms with van der Waals surface area (Å²) in [5, 5.41) is 19.3. The predicted molar refractivity (Wildman–Crippen MR) is 125 cm³/mol. The maximum Gasteiger partial charge on any atom is 0.417 e. The minimum absolute atomic E-state index is 0.0694. The van der Waals surface area contributed by atoms with Crippen LogP contribution in [-0.2, 0) is 17.5 Å². The van der Waals surface area contributed by atoms with Crippen LogP contribution in [0.1, 0.15) is 37.1 Å². The second-order valence-corrected chi connectivity index (χ2v) is 9.04. The minimum Gasteiger partial charge on any atom is -0.392 e. The van der Waals surface area contributed by atoms with Crippen LogP contribution in [0.4, 0.5) is 19.0 Å². The van der Waals surface area contributed by atoms with Gasteiger partial charge < -0.3 is 15.3 Å². The van der Waals surface area contributed by atoms with Gasteiger partial charge in [-0.25, -0.2) is 4.98 Å². The van der Waals surface area contributed by atoms with Gasteiger partial charge in [-0.05, 0) is 44.1 Å². The molecule has 0 saturated carbocycles. The van der Waals surface area contributed by atoms with Gasteiger partial charge >= 0.3 is 6.18 Å². The average molecular weight is 491 g/mol. The molecule has 11 heteroatoms. The monoisotopic (exact) mass is 490 g/mol. The summed E-state index contributed by atoms with van der Waals surface area (Å²) in [5.41, 5.74) is 2.69. The van der Waals surface area contributed by atoms with Crippen LogP contribution in [0.3, 0.4) is 0 Å². The number of piperazine rings is 1. The van der Waals surface area contributed by atoms with Crippen molar-refractivity contribution >= 4 is 17.3 Å². The Morgan fingerprint density at radius 3 is 2.77 bits per heavy atom. The number of amides is 1. The topological polar surface area (TPSA) is 97.4 Å². The fourth-order valence-corrected chi connectivity index (χ4v) is 4.39. The van der Waals surface area contributed by atoms with Crippen molar-refractivity contribution in [2.24, 2.45) is 0 Å². The summed E-state index contributed by atoms with van der Waals surface area (Å²) in [6.07, 6.45) is 1.97. The molecule has 4 rings (SSSR count). The molecule has 1 saturated heterocycles. The zero-order chi connectivity index (χ0) is 25.2. The van der Waals surface area contributed by atoms with Crippen LogP contribution in [0.2, 0.25) is 0 Å². The summed E-state index contributed by atoms with van der Waals surface area (Å²) in [5.74, 6) is 0.321. The Kier molecular flexibility index (Phi) is 7.27. The average Bonchev–Trinajstić information content (AvgIpc) is 3.47. The molecule has 2 aromatic heterocycles. The standard InChI is InChI=1S/C24H29F3N6O2/c1-15-13-32(7-8-33(15)21-6-5-20(12-28-21)24(25,26)27)14-19-11-30-31-22(19)17-3-4-18(9-17)23(35)29-10-16(2)34/h4-6,9,11-12,15-16,34H,3,7-8,10,13-14H2,1-2H3,(H,29,35)(H,30,31)/t15-,16?/m1/s1. The molecule has 0 spiro atoms. The summed E-state index contributed by atoms with van der Waals surface area (Å²) < 4.78 is 38.5. The Morgan fingerprint density at radius 1 is 1.31 bits per heavy atom. The first-order chi connectivity index (χ1) is 16.6. The van der Waals surface area contributed by atoms with E-state index in [9.17, 15) is 23.1 Å². The third-order valence-corrected chi connectivity index (χ3v) is 6.21. The third-order valence-electron chi connectivity index (χ3n) is 6.21. The minimum atomic E-state index is -4.40. The van der Waals surface area contributed by atoms with Crippen LogP contribution < -0.4 is 10.2 Å². The maximum atomic E-state index is 12.8. The summed E-state index contributed by atoms with van der Waals surface area (Å²) in [7, 11) is 0. The molecule has 2 aromatic rings. The van der Waals surface area contributed by atoms with Gasteiger partial charge in [0.2, 0.25) is 0 Å². The van der Waals surface area contributed by atoms with Gasteiger partial charge in [-0.15, -0.1) is 0 Å². The van der Waals surface area contributed by atoms with Gasteiger partial charge in [0, 0.05) is 56.1 Å². The van der Waals surface area contributed by atoms with Gasteiger partial charge in [-0.2, -0.15) is 18.3 Å². The van der Waals surface area contributed by atoms with Crippen molar-refractivity contribution in [2.45, 2.75) is 45.1 Å². The number of aliphatic hydroxyl groups is 1. The van der Waals surface area contributed by atoms with E-state index in [1.165, 1.54) is 6.07 Å². The first-order valence-corrected chi connectivity index (χ1v) is 11.5. The quantitative estimate of drug-likeness (QED) is 0.552. The number of hydrogen-bond acceptors (Lipinski definition) is 6. The Hall–Kier alpha value is -3.18. The highest BCUT2D eigenvalue weighted by atomic mass is 19.4. The molecule has 8 nitrogen and oxygen atoms in total. The summed E-state index contributed by atoms with van der Waals surface area (Å²) in [6.45, 7) is 6.59. The van der Waals surface area contributed by atoms with Gasteiger partial charge in [0.05, 0.1) is 23.6 Å². The number of aromatic nitrogens is 3. The van der Waals surface area contributed by atoms with Crippen LogP contribution in [0.15, 0.2) is 42.3 Å². The van der Waals surface area contributed by atoms with Crippen molar-refractivity contribution < 1.29 is 23.1 Å². The smallest absolute Gasteiger partial charge is 0.392 e. The lowest BCUT2D eigenvalue weighted by atomic mass is 10.1. The molecule has 1 aliphatic carbocycles. The molecule has 1 amide bonds. The lowest BCUT2D eigenvalue weighted by Gasteiger charge is -2.40. The number of aliphatic hydroxyl groups excluding tert-OH is 1. The molecule has 1 aliphatic heterocycles. The zero-order valence-electron chi connectivity index (χ0n) is 19.6. The summed E-state index contributed by atoms with van der Waals surface area (Å²) in [6, 6.07) is 2.57. The highest BCUT2D eigenvalue weighted by molar-refractivity contribution is 6.00. The molecule has 0 bridgehead atoms. The first-order valence-electron chi connectivity index (χ1n) is 11.5. The molecular weight excluding hydrogens is 461 g/mol. The Balaban J connectivity index is 1.36. The van der Waals surface area contributed by atoms with E-state index < -0.39 is 17.8 Å². The van der Waals surface area contributed by atoms with E-state index in [1.54, 1.807) is 13.1 Å². The Morgan fingerprint density at radius 2 is 2.11 bits per heavy atom. The fourth-order valence-electron chi connectivity index (χ4n) is 4.39. The second kappa shape index (κ2) is 10.2. The number of anilines is 1. The number of alkyl halides is 3. The van der Waals surface area contributed by atoms with Gasteiger partial charge in [-0.3, -0.25) is 14.8 Å². The summed E-state index contributed by atoms with van der Waals surface area (Å²) >= 11 is 0. The number of carbonyl (C=O) groups excluding carboxylic acids is 1. The van der Waals surface area contributed by atoms with Crippen LogP contribution in [0.25, 0.3) is 5.57 Å². The Bertz CT molecular complexity index is 1110.